The Balaban J connectivity index is 1.87. The first-order valence-electron chi connectivity index (χ1n) is 6.22. The maximum Gasteiger partial charge on any atom is 0.317 e. The molecule has 3 heteroatoms. The lowest BCUT2D eigenvalue weighted by Gasteiger charge is -2.31. The molecule has 1 aliphatic heterocycles. The van der Waals surface area contributed by atoms with Gasteiger partial charge in [0, 0.05) is 6.54 Å². The maximum atomic E-state index is 10.7. The molecule has 17 heavy (non-hydrogen) atoms. The van der Waals surface area contributed by atoms with Gasteiger partial charge in [-0.1, -0.05) is 30.3 Å². The van der Waals surface area contributed by atoms with E-state index in [1.165, 1.54) is 12.0 Å². The number of rotatable bonds is 4. The van der Waals surface area contributed by atoms with Gasteiger partial charge in [0.15, 0.2) is 0 Å². The van der Waals surface area contributed by atoms with Gasteiger partial charge in [0.25, 0.3) is 0 Å². The molecule has 1 unspecified atom stereocenters. The molecule has 1 fully saturated rings. The average Bonchev–Trinajstić information content (AvgIpc) is 2.30. The van der Waals surface area contributed by atoms with Crippen molar-refractivity contribution in [2.24, 2.45) is 5.92 Å². The molecule has 0 radical (unpaired) electrons. The van der Waals surface area contributed by atoms with Crippen molar-refractivity contribution in [1.29, 1.82) is 0 Å². The zero-order chi connectivity index (χ0) is 12.1. The second kappa shape index (κ2) is 5.82. The number of hydrogen-bond donors (Lipinski definition) is 1. The quantitative estimate of drug-likeness (QED) is 0.865. The van der Waals surface area contributed by atoms with Crippen LogP contribution < -0.4 is 0 Å². The lowest BCUT2D eigenvalue weighted by molar-refractivity contribution is -0.138. The first kappa shape index (κ1) is 12.1. The van der Waals surface area contributed by atoms with Crippen LogP contribution in [0.3, 0.4) is 0 Å². The normalized spacial score (nSPS) is 21.3. The van der Waals surface area contributed by atoms with Crippen LogP contribution in [0.1, 0.15) is 18.4 Å². The largest absolute Gasteiger partial charge is 0.480 e. The molecule has 0 bridgehead atoms. The minimum absolute atomic E-state index is 0.186. The van der Waals surface area contributed by atoms with Crippen molar-refractivity contribution in [3.8, 4) is 0 Å². The van der Waals surface area contributed by atoms with Crippen LogP contribution in [0.5, 0.6) is 0 Å². The van der Waals surface area contributed by atoms with E-state index in [4.69, 9.17) is 5.11 Å². The summed E-state index contributed by atoms with van der Waals surface area (Å²) < 4.78 is 0. The Morgan fingerprint density at radius 1 is 1.35 bits per heavy atom. The van der Waals surface area contributed by atoms with Crippen molar-refractivity contribution in [3.63, 3.8) is 0 Å². The van der Waals surface area contributed by atoms with Gasteiger partial charge in [-0.25, -0.2) is 0 Å². The minimum Gasteiger partial charge on any atom is -0.480 e. The second-order valence-electron chi connectivity index (χ2n) is 4.83. The summed E-state index contributed by atoms with van der Waals surface area (Å²) in [6.45, 7) is 2.03. The Kier molecular flexibility index (Phi) is 4.15. The number of hydrogen-bond acceptors (Lipinski definition) is 2. The highest BCUT2D eigenvalue weighted by molar-refractivity contribution is 5.69. The molecule has 3 nitrogen and oxygen atoms in total. The Labute approximate surface area is 102 Å². The highest BCUT2D eigenvalue weighted by Gasteiger charge is 2.21. The minimum atomic E-state index is -0.717. The molecule has 1 aromatic rings. The van der Waals surface area contributed by atoms with Gasteiger partial charge in [0.1, 0.15) is 0 Å². The molecule has 2 rings (SSSR count). The zero-order valence-corrected chi connectivity index (χ0v) is 10.0. The van der Waals surface area contributed by atoms with Crippen LogP contribution in [0.2, 0.25) is 0 Å². The summed E-state index contributed by atoms with van der Waals surface area (Å²) in [5, 5.41) is 8.80. The van der Waals surface area contributed by atoms with Crippen LogP contribution in [-0.4, -0.2) is 35.6 Å². The fraction of sp³-hybridized carbons (Fsp3) is 0.500. The molecule has 0 saturated carbocycles. The fourth-order valence-electron chi connectivity index (χ4n) is 2.60. The van der Waals surface area contributed by atoms with Gasteiger partial charge < -0.3 is 5.11 Å². The number of carboxylic acid groups (broad SMARTS) is 1. The van der Waals surface area contributed by atoms with E-state index in [0.29, 0.717) is 5.92 Å². The van der Waals surface area contributed by atoms with E-state index in [-0.39, 0.29) is 6.54 Å². The van der Waals surface area contributed by atoms with E-state index in [1.54, 1.807) is 0 Å². The predicted molar refractivity (Wildman–Crippen MR) is 66.9 cm³/mol. The highest BCUT2D eigenvalue weighted by Crippen LogP contribution is 2.20. The van der Waals surface area contributed by atoms with Crippen LogP contribution >= 0.6 is 0 Å². The molecule has 0 amide bonds. The Morgan fingerprint density at radius 3 is 2.82 bits per heavy atom. The van der Waals surface area contributed by atoms with Gasteiger partial charge in [-0.05, 0) is 37.3 Å². The van der Waals surface area contributed by atoms with Crippen LogP contribution in [0.4, 0.5) is 0 Å². The van der Waals surface area contributed by atoms with Gasteiger partial charge in [-0.3, -0.25) is 9.69 Å². The average molecular weight is 233 g/mol. The van der Waals surface area contributed by atoms with Gasteiger partial charge in [0.2, 0.25) is 0 Å². The predicted octanol–water partition coefficient (Wildman–Crippen LogP) is 2.03. The van der Waals surface area contributed by atoms with E-state index in [9.17, 15) is 4.79 Å². The lowest BCUT2D eigenvalue weighted by atomic mass is 9.91. The summed E-state index contributed by atoms with van der Waals surface area (Å²) in [7, 11) is 0. The standard InChI is InChI=1S/C14H19NO2/c16-14(17)11-15-8-4-7-13(10-15)9-12-5-2-1-3-6-12/h1-3,5-6,13H,4,7-11H2,(H,16,17). The van der Waals surface area contributed by atoms with Crippen LogP contribution in [0.25, 0.3) is 0 Å². The third-order valence-electron chi connectivity index (χ3n) is 3.33. The summed E-state index contributed by atoms with van der Waals surface area (Å²) in [5.41, 5.74) is 1.36. The van der Waals surface area contributed by atoms with E-state index in [1.807, 2.05) is 6.07 Å². The van der Waals surface area contributed by atoms with Gasteiger partial charge >= 0.3 is 5.97 Å². The molecule has 1 heterocycles. The molecule has 1 aliphatic rings. The van der Waals surface area contributed by atoms with E-state index < -0.39 is 5.97 Å². The molecular formula is C14H19NO2. The Bertz CT molecular complexity index is 364. The molecule has 92 valence electrons. The summed E-state index contributed by atoms with van der Waals surface area (Å²) >= 11 is 0. The highest BCUT2D eigenvalue weighted by atomic mass is 16.4. The number of piperidine rings is 1. The SMILES string of the molecule is O=C(O)CN1CCCC(Cc2ccccc2)C1. The first-order chi connectivity index (χ1) is 8.24. The Hall–Kier alpha value is -1.35. The second-order valence-corrected chi connectivity index (χ2v) is 4.83. The zero-order valence-electron chi connectivity index (χ0n) is 10.0. The van der Waals surface area contributed by atoms with Crippen molar-refractivity contribution < 1.29 is 9.90 Å². The summed E-state index contributed by atoms with van der Waals surface area (Å²) in [4.78, 5) is 12.7. The number of benzene rings is 1. The van der Waals surface area contributed by atoms with Crippen LogP contribution in [-0.2, 0) is 11.2 Å². The van der Waals surface area contributed by atoms with E-state index in [2.05, 4.69) is 29.2 Å². The first-order valence-corrected chi connectivity index (χ1v) is 6.22. The summed E-state index contributed by atoms with van der Waals surface area (Å²) in [6.07, 6.45) is 3.40. The van der Waals surface area contributed by atoms with E-state index in [0.717, 1.165) is 25.9 Å². The number of nitrogens with zero attached hydrogens (tertiary/aromatic N) is 1. The molecule has 1 atom stereocenters. The maximum absolute atomic E-state index is 10.7. The van der Waals surface area contributed by atoms with Gasteiger partial charge in [-0.2, -0.15) is 0 Å². The molecule has 1 aromatic carbocycles. The topological polar surface area (TPSA) is 40.5 Å². The van der Waals surface area contributed by atoms with Crippen molar-refractivity contribution in [2.75, 3.05) is 19.6 Å². The summed E-state index contributed by atoms with van der Waals surface area (Å²) in [6, 6.07) is 10.5. The van der Waals surface area contributed by atoms with Crippen molar-refractivity contribution in [3.05, 3.63) is 35.9 Å². The number of likely N-dealkylation sites (tertiary alicyclic amines) is 1. The van der Waals surface area contributed by atoms with Gasteiger partial charge in [-0.15, -0.1) is 0 Å². The van der Waals surface area contributed by atoms with Crippen molar-refractivity contribution >= 4 is 5.97 Å². The smallest absolute Gasteiger partial charge is 0.317 e. The Morgan fingerprint density at radius 2 is 2.12 bits per heavy atom. The molecule has 0 spiro atoms. The third-order valence-corrected chi connectivity index (χ3v) is 3.33. The third kappa shape index (κ3) is 3.86. The lowest BCUT2D eigenvalue weighted by Crippen LogP contribution is -2.39. The van der Waals surface area contributed by atoms with Crippen molar-refractivity contribution in [2.45, 2.75) is 19.3 Å². The number of carboxylic acids is 1. The number of carbonyl (C=O) groups is 1. The molecule has 0 aromatic heterocycles. The van der Waals surface area contributed by atoms with Crippen LogP contribution in [0.15, 0.2) is 30.3 Å². The fourth-order valence-corrected chi connectivity index (χ4v) is 2.60. The van der Waals surface area contributed by atoms with Crippen molar-refractivity contribution in [1.82, 2.24) is 4.90 Å². The van der Waals surface area contributed by atoms with E-state index >= 15 is 0 Å². The van der Waals surface area contributed by atoms with Gasteiger partial charge in [0.05, 0.1) is 6.54 Å². The van der Waals surface area contributed by atoms with Crippen LogP contribution in [0, 0.1) is 5.92 Å². The molecule has 0 aliphatic carbocycles. The number of aliphatic carboxylic acids is 1. The molecular weight excluding hydrogens is 214 g/mol. The molecule has 1 N–H and O–H groups in total. The summed E-state index contributed by atoms with van der Waals surface area (Å²) in [5.74, 6) is -0.115. The molecule has 1 saturated heterocycles. The monoisotopic (exact) mass is 233 g/mol.